The van der Waals surface area contributed by atoms with Crippen molar-refractivity contribution in [3.8, 4) is 0 Å². The molecule has 2 heterocycles. The molecule has 2 rings (SSSR count). The number of rotatable bonds is 1. The van der Waals surface area contributed by atoms with E-state index in [1.54, 1.807) is 6.20 Å². The van der Waals surface area contributed by atoms with Crippen LogP contribution >= 0.6 is 11.9 Å². The maximum absolute atomic E-state index is 4.08. The Labute approximate surface area is 68.2 Å². The molecule has 1 aliphatic heterocycles. The van der Waals surface area contributed by atoms with E-state index in [2.05, 4.69) is 20.2 Å². The largest absolute Gasteiger partial charge is 0.318 e. The third kappa shape index (κ3) is 1.33. The lowest BCUT2D eigenvalue weighted by Gasteiger charge is -1.95. The van der Waals surface area contributed by atoms with Crippen molar-refractivity contribution in [2.24, 2.45) is 0 Å². The molecule has 0 unspecified atom stereocenters. The summed E-state index contributed by atoms with van der Waals surface area (Å²) in [6.45, 7) is 0. The van der Waals surface area contributed by atoms with Gasteiger partial charge in [-0.25, -0.2) is 9.97 Å². The summed E-state index contributed by atoms with van der Waals surface area (Å²) in [6, 6.07) is 1.87. The highest BCUT2D eigenvalue weighted by atomic mass is 32.2. The lowest BCUT2D eigenvalue weighted by molar-refractivity contribution is 0.897. The highest BCUT2D eigenvalue weighted by Crippen LogP contribution is 2.23. The van der Waals surface area contributed by atoms with Gasteiger partial charge in [0.15, 0.2) is 0 Å². The van der Waals surface area contributed by atoms with Crippen molar-refractivity contribution < 1.29 is 0 Å². The van der Waals surface area contributed by atoms with Crippen LogP contribution in [0.15, 0.2) is 24.8 Å². The van der Waals surface area contributed by atoms with E-state index >= 15 is 0 Å². The van der Waals surface area contributed by atoms with Gasteiger partial charge in [0.25, 0.3) is 0 Å². The molecule has 0 spiro atoms. The molecule has 2 N–H and O–H groups in total. The number of hydrogen-bond donors (Lipinski definition) is 2. The molecule has 4 nitrogen and oxygen atoms in total. The van der Waals surface area contributed by atoms with Gasteiger partial charge in [-0.1, -0.05) is 0 Å². The lowest BCUT2D eigenvalue weighted by Crippen LogP contribution is -2.11. The fourth-order valence-corrected chi connectivity index (χ4v) is 1.34. The first-order valence-corrected chi connectivity index (χ1v) is 3.92. The topological polar surface area (TPSA) is 49.8 Å². The van der Waals surface area contributed by atoms with E-state index in [-0.39, 0.29) is 0 Å². The van der Waals surface area contributed by atoms with E-state index in [4.69, 9.17) is 0 Å². The smallest absolute Gasteiger partial charge is 0.116 e. The quantitative estimate of drug-likeness (QED) is 0.596. The molecule has 0 saturated heterocycles. The van der Waals surface area contributed by atoms with E-state index < -0.39 is 0 Å². The third-order valence-corrected chi connectivity index (χ3v) is 2.02. The maximum Gasteiger partial charge on any atom is 0.116 e. The maximum atomic E-state index is 4.08. The molecule has 5 heteroatoms. The molecular formula is C6H6N4S. The molecule has 11 heavy (non-hydrogen) atoms. The minimum Gasteiger partial charge on any atom is -0.318 e. The van der Waals surface area contributed by atoms with Crippen molar-refractivity contribution in [3.63, 3.8) is 0 Å². The molecule has 1 aromatic rings. The van der Waals surface area contributed by atoms with Gasteiger partial charge >= 0.3 is 0 Å². The summed E-state index contributed by atoms with van der Waals surface area (Å²) in [5.41, 5.74) is 3.79. The van der Waals surface area contributed by atoms with E-state index in [0.717, 1.165) is 10.6 Å². The van der Waals surface area contributed by atoms with Gasteiger partial charge in [-0.15, -0.1) is 0 Å². The number of hydrogen-bond acceptors (Lipinski definition) is 5. The van der Waals surface area contributed by atoms with Crippen LogP contribution in [0.4, 0.5) is 0 Å². The van der Waals surface area contributed by atoms with E-state index in [9.17, 15) is 0 Å². The van der Waals surface area contributed by atoms with Crippen molar-refractivity contribution in [2.75, 3.05) is 0 Å². The van der Waals surface area contributed by atoms with Crippen LogP contribution in [0.25, 0.3) is 4.91 Å². The summed E-state index contributed by atoms with van der Waals surface area (Å²) in [5.74, 6) is 0. The molecule has 1 aromatic heterocycles. The monoisotopic (exact) mass is 166 g/mol. The van der Waals surface area contributed by atoms with E-state index in [1.165, 1.54) is 18.3 Å². The second-order valence-electron chi connectivity index (χ2n) is 1.95. The van der Waals surface area contributed by atoms with E-state index in [0.29, 0.717) is 0 Å². The molecule has 0 atom stereocenters. The Hall–Kier alpha value is -1.07. The summed E-state index contributed by atoms with van der Waals surface area (Å²) in [5, 5.41) is 0. The van der Waals surface area contributed by atoms with Gasteiger partial charge in [0, 0.05) is 12.4 Å². The highest BCUT2D eigenvalue weighted by molar-refractivity contribution is 8.06. The van der Waals surface area contributed by atoms with Crippen LogP contribution in [0, 0.1) is 0 Å². The van der Waals surface area contributed by atoms with Crippen LogP contribution < -0.4 is 10.3 Å². The SMILES string of the molecule is C1=C(c2ccncn2)SNN1. The van der Waals surface area contributed by atoms with Crippen LogP contribution in [-0.2, 0) is 0 Å². The Morgan fingerprint density at radius 1 is 1.45 bits per heavy atom. The van der Waals surface area contributed by atoms with Crippen molar-refractivity contribution in [3.05, 3.63) is 30.5 Å². The fourth-order valence-electron chi connectivity index (χ4n) is 0.772. The second-order valence-corrected chi connectivity index (χ2v) is 2.80. The zero-order valence-electron chi connectivity index (χ0n) is 5.61. The van der Waals surface area contributed by atoms with Crippen molar-refractivity contribution >= 4 is 16.9 Å². The van der Waals surface area contributed by atoms with Crippen LogP contribution in [-0.4, -0.2) is 9.97 Å². The molecule has 56 valence electrons. The Morgan fingerprint density at radius 2 is 2.45 bits per heavy atom. The van der Waals surface area contributed by atoms with Crippen LogP contribution in [0.2, 0.25) is 0 Å². The molecule has 0 radical (unpaired) electrons. The molecule has 0 fully saturated rings. The lowest BCUT2D eigenvalue weighted by atomic mass is 10.4. The van der Waals surface area contributed by atoms with E-state index in [1.807, 2.05) is 12.3 Å². The first kappa shape index (κ1) is 6.63. The summed E-state index contributed by atoms with van der Waals surface area (Å²) in [6.07, 6.45) is 5.13. The molecule has 0 aliphatic carbocycles. The third-order valence-electron chi connectivity index (χ3n) is 1.26. The van der Waals surface area contributed by atoms with Crippen molar-refractivity contribution in [1.29, 1.82) is 0 Å². The highest BCUT2D eigenvalue weighted by Gasteiger charge is 2.06. The number of aromatic nitrogens is 2. The zero-order valence-corrected chi connectivity index (χ0v) is 6.43. The Kier molecular flexibility index (Phi) is 1.74. The summed E-state index contributed by atoms with van der Waals surface area (Å²) in [4.78, 5) is 11.9. The second kappa shape index (κ2) is 2.89. The van der Waals surface area contributed by atoms with Gasteiger partial charge in [0.1, 0.15) is 6.33 Å². The molecule has 1 aliphatic rings. The predicted octanol–water partition coefficient (Wildman–Crippen LogP) is 0.531. The van der Waals surface area contributed by atoms with Crippen LogP contribution in [0.3, 0.4) is 0 Å². The van der Waals surface area contributed by atoms with Crippen LogP contribution in [0.5, 0.6) is 0 Å². The van der Waals surface area contributed by atoms with Gasteiger partial charge < -0.3 is 5.43 Å². The first-order valence-electron chi connectivity index (χ1n) is 3.11. The van der Waals surface area contributed by atoms with Gasteiger partial charge in [-0.3, -0.25) is 0 Å². The normalized spacial score (nSPS) is 15.8. The number of nitrogens with one attached hydrogen (secondary N) is 2. The number of nitrogens with zero attached hydrogens (tertiary/aromatic N) is 2. The molecule has 0 aromatic carbocycles. The molecule has 0 bridgehead atoms. The fraction of sp³-hybridized carbons (Fsp3) is 0. The minimum absolute atomic E-state index is 0.933. The summed E-state index contributed by atoms with van der Waals surface area (Å²) >= 11 is 1.51. The predicted molar refractivity (Wildman–Crippen MR) is 43.9 cm³/mol. The number of hydrazine groups is 1. The average molecular weight is 166 g/mol. The minimum atomic E-state index is 0.933. The average Bonchev–Trinajstić information content (AvgIpc) is 2.58. The summed E-state index contributed by atoms with van der Waals surface area (Å²) in [7, 11) is 0. The first-order chi connectivity index (χ1) is 5.47. The molecule has 0 amide bonds. The molecule has 0 saturated carbocycles. The Bertz CT molecular complexity index is 271. The standard InChI is InChI=1S/C6H6N4S/c1-2-7-4-8-5(1)6-3-9-10-11-6/h1-4,9-10H. The Morgan fingerprint density at radius 3 is 3.09 bits per heavy atom. The zero-order chi connectivity index (χ0) is 7.52. The summed E-state index contributed by atoms with van der Waals surface area (Å²) < 4.78 is 0. The van der Waals surface area contributed by atoms with Gasteiger partial charge in [-0.05, 0) is 18.0 Å². The van der Waals surface area contributed by atoms with Crippen LogP contribution in [0.1, 0.15) is 5.69 Å². The Balaban J connectivity index is 2.29. The van der Waals surface area contributed by atoms with Gasteiger partial charge in [0.2, 0.25) is 0 Å². The van der Waals surface area contributed by atoms with Crippen molar-refractivity contribution in [2.45, 2.75) is 0 Å². The van der Waals surface area contributed by atoms with Gasteiger partial charge in [-0.2, -0.15) is 4.83 Å². The van der Waals surface area contributed by atoms with Crippen molar-refractivity contribution in [1.82, 2.24) is 20.2 Å². The van der Waals surface area contributed by atoms with Gasteiger partial charge in [0.05, 0.1) is 10.6 Å². The molecular weight excluding hydrogens is 160 g/mol.